The number of allylic oxidation sites excluding steroid dienone is 8. The van der Waals surface area contributed by atoms with Crippen LogP contribution in [-0.2, 0) is 5.41 Å². The zero-order chi connectivity index (χ0) is 17.6. The second-order valence-electron chi connectivity index (χ2n) is 9.00. The van der Waals surface area contributed by atoms with E-state index in [2.05, 4.69) is 85.9 Å². The van der Waals surface area contributed by atoms with Crippen LogP contribution in [0, 0.1) is 35.5 Å². The first-order valence-corrected chi connectivity index (χ1v) is 10.6. The van der Waals surface area contributed by atoms with Gasteiger partial charge in [0.1, 0.15) is 0 Å². The van der Waals surface area contributed by atoms with E-state index in [1.807, 2.05) is 0 Å². The third kappa shape index (κ3) is 2.34. The molecule has 6 atom stereocenters. The SMILES string of the molecule is CC(c1ccccc1)(C1CCCC1)C1C2C=CC=C[C@H]2[C@H]2C=CC=CC12. The van der Waals surface area contributed by atoms with Gasteiger partial charge in [0, 0.05) is 0 Å². The van der Waals surface area contributed by atoms with Crippen LogP contribution in [0.1, 0.15) is 38.2 Å². The maximum Gasteiger partial charge on any atom is -0.000716 e. The van der Waals surface area contributed by atoms with Gasteiger partial charge in [-0.1, -0.05) is 98.7 Å². The highest BCUT2D eigenvalue weighted by atomic mass is 14.6. The van der Waals surface area contributed by atoms with Crippen molar-refractivity contribution >= 4 is 0 Å². The zero-order valence-corrected chi connectivity index (χ0v) is 15.8. The van der Waals surface area contributed by atoms with E-state index in [1.54, 1.807) is 5.56 Å². The van der Waals surface area contributed by atoms with Crippen molar-refractivity contribution in [3.8, 4) is 0 Å². The lowest BCUT2D eigenvalue weighted by molar-refractivity contribution is 0.138. The molecule has 0 radical (unpaired) electrons. The van der Waals surface area contributed by atoms with E-state index in [4.69, 9.17) is 0 Å². The highest BCUT2D eigenvalue weighted by Crippen LogP contribution is 2.61. The van der Waals surface area contributed by atoms with Gasteiger partial charge in [-0.15, -0.1) is 0 Å². The largest absolute Gasteiger partial charge is 0.0805 e. The first-order chi connectivity index (χ1) is 12.8. The van der Waals surface area contributed by atoms with Gasteiger partial charge in [0.05, 0.1) is 0 Å². The van der Waals surface area contributed by atoms with Gasteiger partial charge in [-0.25, -0.2) is 0 Å². The van der Waals surface area contributed by atoms with Gasteiger partial charge in [0.25, 0.3) is 0 Å². The third-order valence-electron chi connectivity index (χ3n) is 8.01. The summed E-state index contributed by atoms with van der Waals surface area (Å²) < 4.78 is 0. The van der Waals surface area contributed by atoms with Crippen LogP contribution in [0.2, 0.25) is 0 Å². The summed E-state index contributed by atoms with van der Waals surface area (Å²) in [5, 5.41) is 0. The molecule has 0 saturated heterocycles. The Morgan fingerprint density at radius 1 is 0.692 bits per heavy atom. The summed E-state index contributed by atoms with van der Waals surface area (Å²) in [6.45, 7) is 2.61. The van der Waals surface area contributed by atoms with Crippen LogP contribution in [0.3, 0.4) is 0 Å². The summed E-state index contributed by atoms with van der Waals surface area (Å²) in [4.78, 5) is 0. The molecular formula is C26H30. The molecule has 1 aromatic carbocycles. The van der Waals surface area contributed by atoms with Crippen LogP contribution in [0.5, 0.6) is 0 Å². The summed E-state index contributed by atoms with van der Waals surface area (Å²) in [5.74, 6) is 4.15. The molecule has 0 heterocycles. The minimum absolute atomic E-state index is 0.255. The molecular weight excluding hydrogens is 312 g/mol. The molecule has 4 aliphatic rings. The molecule has 2 fully saturated rings. The van der Waals surface area contributed by atoms with Gasteiger partial charge in [0.2, 0.25) is 0 Å². The van der Waals surface area contributed by atoms with Crippen LogP contribution in [0.15, 0.2) is 78.9 Å². The Kier molecular flexibility index (Phi) is 4.03. The molecule has 1 aromatic rings. The fourth-order valence-electron chi connectivity index (χ4n) is 6.85. The van der Waals surface area contributed by atoms with Crippen molar-refractivity contribution in [3.63, 3.8) is 0 Å². The average molecular weight is 343 g/mol. The topological polar surface area (TPSA) is 0 Å². The quantitative estimate of drug-likeness (QED) is 0.589. The van der Waals surface area contributed by atoms with Crippen molar-refractivity contribution in [2.24, 2.45) is 35.5 Å². The van der Waals surface area contributed by atoms with Crippen LogP contribution in [-0.4, -0.2) is 0 Å². The molecule has 0 amide bonds. The lowest BCUT2D eigenvalue weighted by Crippen LogP contribution is -2.43. The van der Waals surface area contributed by atoms with Crippen LogP contribution in [0.25, 0.3) is 0 Å². The molecule has 4 unspecified atom stereocenters. The summed E-state index contributed by atoms with van der Waals surface area (Å²) in [5.41, 5.74) is 1.83. The van der Waals surface area contributed by atoms with Crippen molar-refractivity contribution in [2.75, 3.05) is 0 Å². The van der Waals surface area contributed by atoms with Crippen LogP contribution < -0.4 is 0 Å². The van der Waals surface area contributed by atoms with E-state index in [1.165, 1.54) is 25.7 Å². The summed E-state index contributed by atoms with van der Waals surface area (Å²) in [6.07, 6.45) is 24.8. The van der Waals surface area contributed by atoms with Gasteiger partial charge in [-0.2, -0.15) is 0 Å². The Morgan fingerprint density at radius 2 is 1.19 bits per heavy atom. The normalized spacial score (nSPS) is 37.5. The second-order valence-corrected chi connectivity index (χ2v) is 9.00. The lowest BCUT2D eigenvalue weighted by Gasteiger charge is -2.46. The van der Waals surface area contributed by atoms with Crippen LogP contribution in [0.4, 0.5) is 0 Å². The molecule has 0 nitrogen and oxygen atoms in total. The van der Waals surface area contributed by atoms with E-state index < -0.39 is 0 Å². The van der Waals surface area contributed by atoms with Crippen molar-refractivity contribution < 1.29 is 0 Å². The highest BCUT2D eigenvalue weighted by Gasteiger charge is 2.56. The van der Waals surface area contributed by atoms with E-state index in [-0.39, 0.29) is 5.41 Å². The maximum atomic E-state index is 2.61. The molecule has 0 N–H and O–H groups in total. The average Bonchev–Trinajstić information content (AvgIpc) is 3.35. The predicted molar refractivity (Wildman–Crippen MR) is 110 cm³/mol. The van der Waals surface area contributed by atoms with Gasteiger partial charge < -0.3 is 0 Å². The number of hydrogen-bond donors (Lipinski definition) is 0. The Bertz CT molecular complexity index is 724. The number of fused-ring (bicyclic) bond motifs is 3. The van der Waals surface area contributed by atoms with Crippen molar-refractivity contribution in [3.05, 3.63) is 84.5 Å². The molecule has 0 heteroatoms. The number of rotatable bonds is 3. The van der Waals surface area contributed by atoms with Gasteiger partial charge in [0.15, 0.2) is 0 Å². The van der Waals surface area contributed by atoms with Crippen molar-refractivity contribution in [1.29, 1.82) is 0 Å². The second kappa shape index (κ2) is 6.41. The Balaban J connectivity index is 1.65. The van der Waals surface area contributed by atoms with E-state index in [0.717, 1.165) is 5.92 Å². The summed E-state index contributed by atoms with van der Waals surface area (Å²) in [6, 6.07) is 11.5. The molecule has 0 aromatic heterocycles. The molecule has 134 valence electrons. The van der Waals surface area contributed by atoms with Crippen molar-refractivity contribution in [1.82, 2.24) is 0 Å². The highest BCUT2D eigenvalue weighted by molar-refractivity contribution is 5.36. The molecule has 2 saturated carbocycles. The minimum Gasteiger partial charge on any atom is -0.0805 e. The van der Waals surface area contributed by atoms with Crippen molar-refractivity contribution in [2.45, 2.75) is 38.0 Å². The fourth-order valence-corrected chi connectivity index (χ4v) is 6.85. The predicted octanol–water partition coefficient (Wildman–Crippen LogP) is 6.48. The monoisotopic (exact) mass is 342 g/mol. The molecule has 26 heavy (non-hydrogen) atoms. The molecule has 0 bridgehead atoms. The molecule has 0 spiro atoms. The van der Waals surface area contributed by atoms with E-state index in [0.29, 0.717) is 29.6 Å². The maximum absolute atomic E-state index is 2.61. The van der Waals surface area contributed by atoms with E-state index in [9.17, 15) is 0 Å². The van der Waals surface area contributed by atoms with E-state index >= 15 is 0 Å². The Hall–Kier alpha value is -1.82. The molecule has 4 aliphatic carbocycles. The number of benzene rings is 1. The standard InChI is InChI=1S/C26H30/c1-26(20-13-5-6-14-20,19-11-3-2-4-12-19)25-23-17-9-7-15-21(23)22-16-8-10-18-24(22)25/h2-4,7-12,15-18,20-25H,5-6,13-14H2,1H3/t21-,22+,23?,24?,25?,26?. The van der Waals surface area contributed by atoms with Gasteiger partial charge in [-0.3, -0.25) is 0 Å². The Labute approximate surface area is 158 Å². The number of hydrogen-bond acceptors (Lipinski definition) is 0. The molecule has 0 aliphatic heterocycles. The lowest BCUT2D eigenvalue weighted by atomic mass is 9.57. The fraction of sp³-hybridized carbons (Fsp3) is 0.462. The minimum atomic E-state index is 0.255. The first kappa shape index (κ1) is 16.4. The Morgan fingerprint density at radius 3 is 1.73 bits per heavy atom. The van der Waals surface area contributed by atoms with Gasteiger partial charge in [-0.05, 0) is 59.3 Å². The smallest absolute Gasteiger partial charge is 0.000716 e. The first-order valence-electron chi connectivity index (χ1n) is 10.6. The third-order valence-corrected chi connectivity index (χ3v) is 8.01. The summed E-state index contributed by atoms with van der Waals surface area (Å²) >= 11 is 0. The van der Waals surface area contributed by atoms with Crippen LogP contribution >= 0.6 is 0 Å². The summed E-state index contributed by atoms with van der Waals surface area (Å²) in [7, 11) is 0. The van der Waals surface area contributed by atoms with Gasteiger partial charge >= 0.3 is 0 Å². The zero-order valence-electron chi connectivity index (χ0n) is 15.8. The molecule has 5 rings (SSSR count).